The maximum atomic E-state index is 5.03. The number of rotatable bonds is 3. The molecule has 1 N–H and O–H groups in total. The third-order valence-electron chi connectivity index (χ3n) is 10.5. The molecule has 4 rings (SSSR count). The Morgan fingerprint density at radius 3 is 2.40 bits per heavy atom. The number of nitrogens with zero attached hydrogens (tertiary/aromatic N) is 1. The Kier molecular flexibility index (Phi) is 5.66. The smallest absolute Gasteiger partial charge is 0.0504 e. The molecule has 0 spiro atoms. The molecule has 0 amide bonds. The first-order valence-corrected chi connectivity index (χ1v) is 12.6. The van der Waals surface area contributed by atoms with Crippen molar-refractivity contribution < 1.29 is 0 Å². The van der Waals surface area contributed by atoms with Crippen LogP contribution < -0.4 is 5.32 Å². The molecule has 0 aromatic heterocycles. The van der Waals surface area contributed by atoms with Crippen LogP contribution in [0.5, 0.6) is 0 Å². The van der Waals surface area contributed by atoms with Crippen molar-refractivity contribution in [2.45, 2.75) is 105 Å². The van der Waals surface area contributed by atoms with Crippen molar-refractivity contribution in [2.24, 2.45) is 39.0 Å². The zero-order chi connectivity index (χ0) is 21.9. The lowest BCUT2D eigenvalue weighted by Gasteiger charge is -2.54. The molecule has 4 aliphatic carbocycles. The quantitative estimate of drug-likeness (QED) is 0.499. The second kappa shape index (κ2) is 7.61. The van der Waals surface area contributed by atoms with E-state index in [0.717, 1.165) is 11.8 Å². The van der Waals surface area contributed by atoms with E-state index in [9.17, 15) is 0 Å². The zero-order valence-corrected chi connectivity index (χ0v) is 20.9. The molecule has 0 radical (unpaired) electrons. The van der Waals surface area contributed by atoms with Gasteiger partial charge >= 0.3 is 0 Å². The van der Waals surface area contributed by atoms with Gasteiger partial charge in [0.2, 0.25) is 0 Å². The molecule has 0 unspecified atom stereocenters. The normalized spacial score (nSPS) is 43.3. The van der Waals surface area contributed by atoms with Gasteiger partial charge in [0.15, 0.2) is 0 Å². The molecule has 0 aromatic rings. The molecule has 4 aliphatic rings. The van der Waals surface area contributed by atoms with E-state index in [4.69, 9.17) is 4.99 Å². The average Bonchev–Trinajstić information content (AvgIpc) is 2.81. The first kappa shape index (κ1) is 22.3. The van der Waals surface area contributed by atoms with Crippen molar-refractivity contribution in [1.29, 1.82) is 0 Å². The van der Waals surface area contributed by atoms with Crippen molar-refractivity contribution in [3.63, 3.8) is 0 Å². The summed E-state index contributed by atoms with van der Waals surface area (Å²) in [7, 11) is 2.15. The maximum absolute atomic E-state index is 5.03. The molecule has 0 saturated heterocycles. The fraction of sp³-hybridized carbons (Fsp3) is 0.821. The van der Waals surface area contributed by atoms with Crippen LogP contribution in [0.15, 0.2) is 28.3 Å². The lowest BCUT2D eigenvalue weighted by Crippen LogP contribution is -2.48. The number of allylic oxidation sites excluding steroid dienone is 3. The summed E-state index contributed by atoms with van der Waals surface area (Å²) in [6.07, 6.45) is 14.5. The summed E-state index contributed by atoms with van der Waals surface area (Å²) in [5.74, 6) is 2.18. The maximum Gasteiger partial charge on any atom is 0.0504 e. The van der Waals surface area contributed by atoms with Gasteiger partial charge in [-0.25, -0.2) is 0 Å². The Hall–Kier alpha value is -0.890. The van der Waals surface area contributed by atoms with Crippen molar-refractivity contribution in [3.05, 3.63) is 23.3 Å². The molecule has 0 bridgehead atoms. The summed E-state index contributed by atoms with van der Waals surface area (Å²) in [5.41, 5.74) is 5.85. The van der Waals surface area contributed by atoms with Gasteiger partial charge < -0.3 is 5.32 Å². The van der Waals surface area contributed by atoms with E-state index in [1.165, 1.54) is 50.7 Å². The highest BCUT2D eigenvalue weighted by atomic mass is 14.9. The first-order chi connectivity index (χ1) is 14.0. The second-order valence-electron chi connectivity index (χ2n) is 12.3. The van der Waals surface area contributed by atoms with Crippen LogP contribution in [0.1, 0.15) is 93.4 Å². The molecule has 168 valence electrons. The van der Waals surface area contributed by atoms with Crippen LogP contribution in [0.3, 0.4) is 0 Å². The molecule has 0 heterocycles. The first-order valence-electron chi connectivity index (χ1n) is 12.6. The van der Waals surface area contributed by atoms with Gasteiger partial charge in [-0.2, -0.15) is 0 Å². The lowest BCUT2D eigenvalue weighted by molar-refractivity contribution is -0.0180. The van der Waals surface area contributed by atoms with Crippen LogP contribution >= 0.6 is 0 Å². The molecule has 2 nitrogen and oxygen atoms in total. The Labute approximate surface area is 186 Å². The van der Waals surface area contributed by atoms with Crippen molar-refractivity contribution in [2.75, 3.05) is 7.05 Å². The summed E-state index contributed by atoms with van der Waals surface area (Å²) in [4.78, 5) is 5.03. The molecule has 2 fully saturated rings. The van der Waals surface area contributed by atoms with Gasteiger partial charge in [0, 0.05) is 11.8 Å². The monoisotopic (exact) mass is 410 g/mol. The lowest BCUT2D eigenvalue weighted by atomic mass is 9.50. The minimum atomic E-state index is 0.327. The molecule has 7 atom stereocenters. The SMILES string of the molecule is CN[C@H]1CC=C2C=C3CC[C@@]4(C)[C@@H]([C@H](C)N=C(C)C)CC[C@@]4(C)[C@@H]3CC[C@H]2C1(C)C. The average molecular weight is 411 g/mol. The number of hydrogen-bond acceptors (Lipinski definition) is 2. The van der Waals surface area contributed by atoms with Crippen molar-refractivity contribution in [3.8, 4) is 0 Å². The summed E-state index contributed by atoms with van der Waals surface area (Å²) < 4.78 is 0. The molecule has 0 aliphatic heterocycles. The largest absolute Gasteiger partial charge is 0.316 e. The van der Waals surface area contributed by atoms with Crippen LogP contribution in [-0.2, 0) is 0 Å². The van der Waals surface area contributed by atoms with Crippen molar-refractivity contribution in [1.82, 2.24) is 5.32 Å². The predicted molar refractivity (Wildman–Crippen MR) is 130 cm³/mol. The summed E-state index contributed by atoms with van der Waals surface area (Å²) in [6, 6.07) is 1.05. The van der Waals surface area contributed by atoms with Crippen LogP contribution in [0.25, 0.3) is 0 Å². The standard InChI is InChI=1S/C28H46N2/c1-18(2)30-19(3)22-14-16-28(7)24-11-10-23-20(9-12-25(29-8)26(23,4)5)17-21(24)13-15-27(22,28)6/h9,17,19,22-25,29H,10-16H2,1-8H3/t19-,22+,23+,24+,25-,27-,28-/m0/s1. The summed E-state index contributed by atoms with van der Waals surface area (Å²) in [5, 5.41) is 3.62. The molecular weight excluding hydrogens is 364 g/mol. The van der Waals surface area contributed by atoms with Gasteiger partial charge in [0.05, 0.1) is 6.04 Å². The molecule has 2 saturated carbocycles. The van der Waals surface area contributed by atoms with Gasteiger partial charge in [-0.1, -0.05) is 45.4 Å². The number of nitrogens with one attached hydrogen (secondary N) is 1. The Morgan fingerprint density at radius 1 is 1.03 bits per heavy atom. The van der Waals surface area contributed by atoms with E-state index in [2.05, 4.69) is 73.0 Å². The third kappa shape index (κ3) is 3.19. The highest BCUT2D eigenvalue weighted by molar-refractivity contribution is 5.79. The van der Waals surface area contributed by atoms with E-state index in [0.29, 0.717) is 34.2 Å². The Morgan fingerprint density at radius 2 is 1.73 bits per heavy atom. The molecule has 30 heavy (non-hydrogen) atoms. The topological polar surface area (TPSA) is 24.4 Å². The number of hydrogen-bond donors (Lipinski definition) is 1. The van der Waals surface area contributed by atoms with E-state index < -0.39 is 0 Å². The molecule has 2 heteroatoms. The summed E-state index contributed by atoms with van der Waals surface area (Å²) in [6.45, 7) is 17.0. The Bertz CT molecular complexity index is 768. The van der Waals surface area contributed by atoms with Crippen LogP contribution in [-0.4, -0.2) is 24.8 Å². The number of fused-ring (bicyclic) bond motifs is 4. The highest BCUT2D eigenvalue weighted by Gasteiger charge is 2.61. The molecular formula is C28H46N2. The van der Waals surface area contributed by atoms with E-state index in [1.807, 2.05) is 0 Å². The van der Waals surface area contributed by atoms with Gasteiger partial charge in [-0.3, -0.25) is 4.99 Å². The predicted octanol–water partition coefficient (Wildman–Crippen LogP) is 6.97. The van der Waals surface area contributed by atoms with Gasteiger partial charge in [-0.05, 0) is 112 Å². The minimum absolute atomic E-state index is 0.327. The van der Waals surface area contributed by atoms with E-state index in [1.54, 1.807) is 11.1 Å². The van der Waals surface area contributed by atoms with Crippen LogP contribution in [0.4, 0.5) is 0 Å². The highest BCUT2D eigenvalue weighted by Crippen LogP contribution is 2.69. The van der Waals surface area contributed by atoms with Crippen LogP contribution in [0.2, 0.25) is 0 Å². The van der Waals surface area contributed by atoms with E-state index in [-0.39, 0.29) is 0 Å². The van der Waals surface area contributed by atoms with Gasteiger partial charge in [-0.15, -0.1) is 0 Å². The van der Waals surface area contributed by atoms with Gasteiger partial charge in [0.25, 0.3) is 0 Å². The fourth-order valence-electron chi connectivity index (χ4n) is 8.57. The molecule has 0 aromatic carbocycles. The number of aliphatic imine (C=N–C) groups is 1. The van der Waals surface area contributed by atoms with E-state index >= 15 is 0 Å². The summed E-state index contributed by atoms with van der Waals surface area (Å²) >= 11 is 0. The second-order valence-corrected chi connectivity index (χ2v) is 12.3. The fourth-order valence-corrected chi connectivity index (χ4v) is 8.57. The zero-order valence-electron chi connectivity index (χ0n) is 20.9. The van der Waals surface area contributed by atoms with Crippen LogP contribution in [0, 0.1) is 34.0 Å². The van der Waals surface area contributed by atoms with Gasteiger partial charge in [0.1, 0.15) is 0 Å². The Balaban J connectivity index is 1.66. The third-order valence-corrected chi connectivity index (χ3v) is 10.5. The van der Waals surface area contributed by atoms with Crippen molar-refractivity contribution >= 4 is 5.71 Å². The minimum Gasteiger partial charge on any atom is -0.316 e.